The highest BCUT2D eigenvalue weighted by molar-refractivity contribution is 7.92. The van der Waals surface area contributed by atoms with Crippen LogP contribution in [0.1, 0.15) is 5.56 Å². The highest BCUT2D eigenvalue weighted by Gasteiger charge is 2.15. The molecule has 0 fully saturated rings. The summed E-state index contributed by atoms with van der Waals surface area (Å²) in [7, 11) is -3.77. The molecule has 0 atom stereocenters. The van der Waals surface area contributed by atoms with Gasteiger partial charge >= 0.3 is 0 Å². The number of nitrogens with zero attached hydrogens (tertiary/aromatic N) is 3. The minimum Gasteiger partial charge on any atom is -0.320 e. The molecular formula is C12H11N5O2S. The van der Waals surface area contributed by atoms with Crippen LogP contribution in [0.3, 0.4) is 0 Å². The summed E-state index contributed by atoms with van der Waals surface area (Å²) in [5.41, 5.74) is 5.84. The monoisotopic (exact) mass is 289 g/mol. The van der Waals surface area contributed by atoms with E-state index in [1.807, 2.05) is 0 Å². The Balaban J connectivity index is 2.30. The first-order valence-electron chi connectivity index (χ1n) is 5.57. The number of nitrogens with one attached hydrogen (secondary N) is 1. The molecule has 2 aromatic rings. The third-order valence-electron chi connectivity index (χ3n) is 2.19. The largest absolute Gasteiger partial charge is 0.320 e. The van der Waals surface area contributed by atoms with Gasteiger partial charge in [-0.2, -0.15) is 5.10 Å². The van der Waals surface area contributed by atoms with Gasteiger partial charge in [-0.1, -0.05) is 17.9 Å². The number of anilines is 1. The minimum atomic E-state index is -3.77. The van der Waals surface area contributed by atoms with Gasteiger partial charge in [-0.25, -0.2) is 18.1 Å². The Morgan fingerprint density at radius 1 is 1.30 bits per heavy atom. The van der Waals surface area contributed by atoms with Crippen LogP contribution < -0.4 is 10.5 Å². The molecule has 3 N–H and O–H groups in total. The molecule has 0 bridgehead atoms. The van der Waals surface area contributed by atoms with Gasteiger partial charge in [-0.05, 0) is 18.2 Å². The maximum Gasteiger partial charge on any atom is 0.264 e. The van der Waals surface area contributed by atoms with E-state index in [0.717, 1.165) is 0 Å². The molecule has 8 heteroatoms. The zero-order chi connectivity index (χ0) is 14.4. The normalized spacial score (nSPS) is 10.4. The molecule has 0 saturated carbocycles. The van der Waals surface area contributed by atoms with Gasteiger partial charge in [-0.15, -0.1) is 5.10 Å². The highest BCUT2D eigenvalue weighted by atomic mass is 32.2. The Kier molecular flexibility index (Phi) is 4.24. The van der Waals surface area contributed by atoms with Crippen LogP contribution in [0.15, 0.2) is 41.6 Å². The van der Waals surface area contributed by atoms with E-state index in [2.05, 4.69) is 31.7 Å². The number of hydrogen-bond acceptors (Lipinski definition) is 6. The zero-order valence-electron chi connectivity index (χ0n) is 10.3. The van der Waals surface area contributed by atoms with Crippen molar-refractivity contribution in [2.75, 3.05) is 11.3 Å². The summed E-state index contributed by atoms with van der Waals surface area (Å²) in [4.78, 5) is 3.82. The number of sulfonamides is 1. The van der Waals surface area contributed by atoms with Crippen molar-refractivity contribution in [3.63, 3.8) is 0 Å². The fourth-order valence-corrected chi connectivity index (χ4v) is 2.36. The second-order valence-electron chi connectivity index (χ2n) is 3.61. The fraction of sp³-hybridized carbons (Fsp3) is 0.0833. The molecule has 0 aliphatic rings. The van der Waals surface area contributed by atoms with Crippen LogP contribution in [0.4, 0.5) is 5.95 Å². The average molecular weight is 289 g/mol. The number of nitrogens with two attached hydrogens (primary N) is 1. The zero-order valence-corrected chi connectivity index (χ0v) is 11.1. The van der Waals surface area contributed by atoms with E-state index in [0.29, 0.717) is 5.56 Å². The number of aromatic nitrogens is 3. The quantitative estimate of drug-likeness (QED) is 0.768. The molecule has 20 heavy (non-hydrogen) atoms. The third-order valence-corrected chi connectivity index (χ3v) is 3.51. The molecule has 1 aromatic heterocycles. The van der Waals surface area contributed by atoms with E-state index in [4.69, 9.17) is 5.73 Å². The predicted octanol–water partition coefficient (Wildman–Crippen LogP) is -0.0174. The standard InChI is InChI=1S/C12H11N5O2S/c13-6-2-4-10-3-1-5-11(9-10)20(18,19)17-12-14-7-8-15-16-12/h1,3,5,7-9H,6,13H2,(H,14,16,17). The van der Waals surface area contributed by atoms with Crippen LogP contribution >= 0.6 is 0 Å². The van der Waals surface area contributed by atoms with Gasteiger partial charge in [0, 0.05) is 5.56 Å². The summed E-state index contributed by atoms with van der Waals surface area (Å²) in [5.74, 6) is 5.34. The number of hydrogen-bond donors (Lipinski definition) is 2. The molecule has 2 rings (SSSR count). The Hall–Kier alpha value is -2.50. The van der Waals surface area contributed by atoms with Crippen LogP contribution in [0.2, 0.25) is 0 Å². The first kappa shape index (κ1) is 13.9. The molecule has 7 nitrogen and oxygen atoms in total. The summed E-state index contributed by atoms with van der Waals surface area (Å²) < 4.78 is 26.5. The number of rotatable bonds is 3. The molecule has 1 heterocycles. The SMILES string of the molecule is NCC#Cc1cccc(S(=O)(=O)Nc2nccnn2)c1. The molecule has 0 aliphatic carbocycles. The molecule has 1 aromatic carbocycles. The molecule has 0 aliphatic heterocycles. The topological polar surface area (TPSA) is 111 Å². The molecule has 0 radical (unpaired) electrons. The predicted molar refractivity (Wildman–Crippen MR) is 73.0 cm³/mol. The molecule has 0 saturated heterocycles. The summed E-state index contributed by atoms with van der Waals surface area (Å²) in [6.07, 6.45) is 2.69. The van der Waals surface area contributed by atoms with Crippen molar-refractivity contribution in [3.8, 4) is 11.8 Å². The van der Waals surface area contributed by atoms with Crippen molar-refractivity contribution >= 4 is 16.0 Å². The maximum atomic E-state index is 12.1. The Morgan fingerprint density at radius 2 is 2.15 bits per heavy atom. The maximum absolute atomic E-state index is 12.1. The van der Waals surface area contributed by atoms with Gasteiger partial charge in [0.25, 0.3) is 16.0 Å². The first-order chi connectivity index (χ1) is 9.62. The lowest BCUT2D eigenvalue weighted by Gasteiger charge is -2.05. The van der Waals surface area contributed by atoms with Crippen LogP contribution in [-0.2, 0) is 10.0 Å². The Bertz CT molecular complexity index is 750. The second-order valence-corrected chi connectivity index (χ2v) is 5.29. The second kappa shape index (κ2) is 6.10. The van der Waals surface area contributed by atoms with E-state index in [-0.39, 0.29) is 17.4 Å². The molecule has 0 amide bonds. The molecule has 0 spiro atoms. The Morgan fingerprint density at radius 3 is 2.85 bits per heavy atom. The smallest absolute Gasteiger partial charge is 0.264 e. The Labute approximate surface area is 116 Å². The van der Waals surface area contributed by atoms with Gasteiger partial charge in [0.05, 0.1) is 23.8 Å². The van der Waals surface area contributed by atoms with Crippen molar-refractivity contribution in [2.45, 2.75) is 4.90 Å². The van der Waals surface area contributed by atoms with E-state index in [9.17, 15) is 8.42 Å². The fourth-order valence-electron chi connectivity index (χ4n) is 1.37. The highest BCUT2D eigenvalue weighted by Crippen LogP contribution is 2.13. The number of benzene rings is 1. The van der Waals surface area contributed by atoms with Crippen molar-refractivity contribution < 1.29 is 8.42 Å². The summed E-state index contributed by atoms with van der Waals surface area (Å²) in [6, 6.07) is 6.19. The summed E-state index contributed by atoms with van der Waals surface area (Å²) in [6.45, 7) is 0.207. The lowest BCUT2D eigenvalue weighted by Crippen LogP contribution is -2.15. The first-order valence-corrected chi connectivity index (χ1v) is 7.05. The summed E-state index contributed by atoms with van der Waals surface area (Å²) >= 11 is 0. The van der Waals surface area contributed by atoms with Crippen molar-refractivity contribution in [1.82, 2.24) is 15.2 Å². The van der Waals surface area contributed by atoms with Crippen molar-refractivity contribution in [1.29, 1.82) is 0 Å². The lowest BCUT2D eigenvalue weighted by atomic mass is 10.2. The van der Waals surface area contributed by atoms with Crippen LogP contribution in [0.5, 0.6) is 0 Å². The van der Waals surface area contributed by atoms with E-state index >= 15 is 0 Å². The van der Waals surface area contributed by atoms with Gasteiger partial charge < -0.3 is 5.73 Å². The van der Waals surface area contributed by atoms with E-state index < -0.39 is 10.0 Å². The van der Waals surface area contributed by atoms with Gasteiger partial charge in [-0.3, -0.25) is 0 Å². The van der Waals surface area contributed by atoms with Crippen molar-refractivity contribution in [3.05, 3.63) is 42.2 Å². The van der Waals surface area contributed by atoms with Gasteiger partial charge in [0.15, 0.2) is 0 Å². The van der Waals surface area contributed by atoms with Crippen molar-refractivity contribution in [2.24, 2.45) is 5.73 Å². The van der Waals surface area contributed by atoms with E-state index in [1.165, 1.54) is 24.5 Å². The lowest BCUT2D eigenvalue weighted by molar-refractivity contribution is 0.600. The van der Waals surface area contributed by atoms with Crippen LogP contribution in [0.25, 0.3) is 0 Å². The molecule has 102 valence electrons. The third kappa shape index (κ3) is 3.50. The van der Waals surface area contributed by atoms with Gasteiger partial charge in [0.1, 0.15) is 0 Å². The average Bonchev–Trinajstić information content (AvgIpc) is 2.46. The van der Waals surface area contributed by atoms with E-state index in [1.54, 1.807) is 12.1 Å². The summed E-state index contributed by atoms with van der Waals surface area (Å²) in [5, 5.41) is 7.11. The van der Waals surface area contributed by atoms with Gasteiger partial charge in [0.2, 0.25) is 0 Å². The molecular weight excluding hydrogens is 278 g/mol. The van der Waals surface area contributed by atoms with Crippen LogP contribution in [-0.4, -0.2) is 30.1 Å². The van der Waals surface area contributed by atoms with Crippen LogP contribution in [0, 0.1) is 11.8 Å². The minimum absolute atomic E-state index is 0.0637. The molecule has 0 unspecified atom stereocenters.